The summed E-state index contributed by atoms with van der Waals surface area (Å²) in [7, 11) is 0.329. The first-order chi connectivity index (χ1) is 17.3. The molecule has 0 aliphatic rings. The Kier molecular flexibility index (Phi) is 7.96. The molecule has 0 saturated carbocycles. The summed E-state index contributed by atoms with van der Waals surface area (Å²) < 4.78 is 26.9. The first-order valence-electron chi connectivity index (χ1n) is 11.9. The van der Waals surface area contributed by atoms with Gasteiger partial charge in [-0.2, -0.15) is 0 Å². The van der Waals surface area contributed by atoms with E-state index < -0.39 is 9.84 Å². The third kappa shape index (κ3) is 6.46. The van der Waals surface area contributed by atoms with Crippen molar-refractivity contribution >= 4 is 21.3 Å². The Morgan fingerprint density at radius 1 is 0.833 bits per heavy atom. The van der Waals surface area contributed by atoms with Crippen LogP contribution in [0.2, 0.25) is 0 Å². The number of nitrogens with zero attached hydrogens (tertiary/aromatic N) is 2. The molecule has 0 radical (unpaired) electrons. The van der Waals surface area contributed by atoms with Crippen LogP contribution in [0.3, 0.4) is 0 Å². The molecule has 0 N–H and O–H groups in total. The normalized spacial score (nSPS) is 11.3. The molecule has 36 heavy (non-hydrogen) atoms. The first kappa shape index (κ1) is 25.3. The quantitative estimate of drug-likeness (QED) is 0.287. The monoisotopic (exact) mass is 498 g/mol. The van der Waals surface area contributed by atoms with Crippen molar-refractivity contribution in [3.05, 3.63) is 114 Å². The fourth-order valence-corrected chi connectivity index (χ4v) is 5.72. The summed E-state index contributed by atoms with van der Waals surface area (Å²) in [4.78, 5) is 18.8. The molecule has 0 atom stereocenters. The molecule has 5 nitrogen and oxygen atoms in total. The fourth-order valence-electron chi connectivity index (χ4n) is 4.12. The van der Waals surface area contributed by atoms with Gasteiger partial charge in [0.15, 0.2) is 9.84 Å². The second-order valence-corrected chi connectivity index (χ2v) is 11.1. The number of sulfone groups is 1. The molecule has 4 rings (SSSR count). The van der Waals surface area contributed by atoms with E-state index in [0.29, 0.717) is 35.3 Å². The minimum atomic E-state index is -3.59. The third-order valence-corrected chi connectivity index (χ3v) is 7.83. The van der Waals surface area contributed by atoms with Gasteiger partial charge in [0.05, 0.1) is 10.6 Å². The van der Waals surface area contributed by atoms with Crippen molar-refractivity contribution < 1.29 is 13.2 Å². The molecule has 0 amide bonds. The number of aryl methyl sites for hydroxylation is 1. The fraction of sp³-hybridized carbons (Fsp3) is 0.200. The van der Waals surface area contributed by atoms with Gasteiger partial charge in [0.2, 0.25) is 0 Å². The van der Waals surface area contributed by atoms with Crippen LogP contribution in [0.15, 0.2) is 102 Å². The number of pyridine rings is 1. The summed E-state index contributed by atoms with van der Waals surface area (Å²) in [5.41, 5.74) is 5.18. The number of anilines is 1. The van der Waals surface area contributed by atoms with Gasteiger partial charge in [-0.05, 0) is 52.9 Å². The van der Waals surface area contributed by atoms with E-state index in [9.17, 15) is 13.2 Å². The molecule has 0 spiro atoms. The number of aromatic nitrogens is 1. The summed E-state index contributed by atoms with van der Waals surface area (Å²) in [6.07, 6.45) is 4.94. The molecule has 0 aliphatic heterocycles. The number of hydrogen-bond acceptors (Lipinski definition) is 5. The van der Waals surface area contributed by atoms with Gasteiger partial charge in [0.1, 0.15) is 5.78 Å². The van der Waals surface area contributed by atoms with Gasteiger partial charge < -0.3 is 4.90 Å². The van der Waals surface area contributed by atoms with E-state index in [0.717, 1.165) is 22.4 Å². The van der Waals surface area contributed by atoms with Crippen molar-refractivity contribution in [2.24, 2.45) is 0 Å². The van der Waals surface area contributed by atoms with Gasteiger partial charge in [0, 0.05) is 50.6 Å². The number of hydrogen-bond donors (Lipinski definition) is 0. The lowest BCUT2D eigenvalue weighted by molar-refractivity contribution is -0.118. The maximum atomic E-state index is 13.4. The van der Waals surface area contributed by atoms with Crippen LogP contribution < -0.4 is 4.90 Å². The Balaban J connectivity index is 1.45. The molecule has 6 heteroatoms. The van der Waals surface area contributed by atoms with E-state index in [4.69, 9.17) is 0 Å². The smallest absolute Gasteiger partial charge is 0.183 e. The number of carbonyl (C=O) groups excluding carboxylic acids is 1. The largest absolute Gasteiger partial charge is 0.378 e. The Morgan fingerprint density at radius 3 is 2.31 bits per heavy atom. The van der Waals surface area contributed by atoms with Crippen LogP contribution in [-0.4, -0.2) is 33.3 Å². The zero-order valence-corrected chi connectivity index (χ0v) is 21.4. The highest BCUT2D eigenvalue weighted by atomic mass is 32.2. The van der Waals surface area contributed by atoms with Crippen LogP contribution in [-0.2, 0) is 33.2 Å². The van der Waals surface area contributed by atoms with Crippen LogP contribution >= 0.6 is 0 Å². The van der Waals surface area contributed by atoms with Gasteiger partial charge in [-0.3, -0.25) is 9.78 Å². The first-order valence-corrected chi connectivity index (χ1v) is 13.5. The van der Waals surface area contributed by atoms with E-state index in [2.05, 4.69) is 4.98 Å². The number of Topliss-reactive ketones (excluding diaryl/α,β-unsaturated/α-hetero) is 1. The standard InChI is InChI=1S/C30H30N2O3S/c1-32(2)27-9-5-8-26(20-27)29-10-3-4-11-30(29)36(34,35)22-25-14-12-23(13-15-25)19-28(33)17-16-24-7-6-18-31-21-24/h3-15,18,20-21H,16-17,19,22H2,1-2H3. The van der Waals surface area contributed by atoms with Crippen molar-refractivity contribution in [2.45, 2.75) is 29.9 Å². The van der Waals surface area contributed by atoms with Crippen molar-refractivity contribution in [3.63, 3.8) is 0 Å². The van der Waals surface area contributed by atoms with Crippen LogP contribution in [0.1, 0.15) is 23.1 Å². The van der Waals surface area contributed by atoms with Crippen LogP contribution in [0.5, 0.6) is 0 Å². The molecule has 3 aromatic carbocycles. The van der Waals surface area contributed by atoms with E-state index in [1.54, 1.807) is 36.7 Å². The summed E-state index contributed by atoms with van der Waals surface area (Å²) in [5, 5.41) is 0. The highest BCUT2D eigenvalue weighted by Gasteiger charge is 2.20. The van der Waals surface area contributed by atoms with Gasteiger partial charge in [-0.15, -0.1) is 0 Å². The molecule has 1 heterocycles. The molecule has 0 saturated heterocycles. The predicted octanol–water partition coefficient (Wildman–Crippen LogP) is 5.53. The summed E-state index contributed by atoms with van der Waals surface area (Å²) in [6, 6.07) is 26.1. The number of rotatable bonds is 10. The van der Waals surface area contributed by atoms with Crippen LogP contribution in [0.25, 0.3) is 11.1 Å². The van der Waals surface area contributed by atoms with Crippen LogP contribution in [0.4, 0.5) is 5.69 Å². The average molecular weight is 499 g/mol. The summed E-state index contributed by atoms with van der Waals surface area (Å²) >= 11 is 0. The maximum Gasteiger partial charge on any atom is 0.183 e. The van der Waals surface area contributed by atoms with Crippen molar-refractivity contribution in [3.8, 4) is 11.1 Å². The lowest BCUT2D eigenvalue weighted by Crippen LogP contribution is -2.09. The highest BCUT2D eigenvalue weighted by Crippen LogP contribution is 2.31. The molecule has 0 unspecified atom stereocenters. The topological polar surface area (TPSA) is 67.3 Å². The number of carbonyl (C=O) groups is 1. The number of ketones is 1. The Hall–Kier alpha value is -3.77. The second-order valence-electron chi connectivity index (χ2n) is 9.09. The SMILES string of the molecule is CN(C)c1cccc(-c2ccccc2S(=O)(=O)Cc2ccc(CC(=O)CCc3cccnc3)cc2)c1. The maximum absolute atomic E-state index is 13.4. The van der Waals surface area contributed by atoms with E-state index >= 15 is 0 Å². The molecule has 184 valence electrons. The van der Waals surface area contributed by atoms with Gasteiger partial charge in [0.25, 0.3) is 0 Å². The molecule has 0 aliphatic carbocycles. The lowest BCUT2D eigenvalue weighted by atomic mass is 10.0. The lowest BCUT2D eigenvalue weighted by Gasteiger charge is -2.15. The molecule has 0 fully saturated rings. The summed E-state index contributed by atoms with van der Waals surface area (Å²) in [5.74, 6) is 0.0418. The molecular formula is C30H30N2O3S. The van der Waals surface area contributed by atoms with Crippen LogP contribution in [0, 0.1) is 0 Å². The van der Waals surface area contributed by atoms with Crippen molar-refractivity contribution in [2.75, 3.05) is 19.0 Å². The predicted molar refractivity (Wildman–Crippen MR) is 145 cm³/mol. The summed E-state index contributed by atoms with van der Waals surface area (Å²) in [6.45, 7) is 0. The zero-order valence-electron chi connectivity index (χ0n) is 20.6. The van der Waals surface area contributed by atoms with E-state index in [-0.39, 0.29) is 11.5 Å². The van der Waals surface area contributed by atoms with E-state index in [1.165, 1.54) is 0 Å². The Bertz CT molecular complexity index is 1430. The Morgan fingerprint density at radius 2 is 1.58 bits per heavy atom. The molecular weight excluding hydrogens is 468 g/mol. The second kappa shape index (κ2) is 11.3. The molecule has 4 aromatic rings. The zero-order chi connectivity index (χ0) is 25.5. The van der Waals surface area contributed by atoms with Gasteiger partial charge in [-0.25, -0.2) is 8.42 Å². The van der Waals surface area contributed by atoms with Gasteiger partial charge in [-0.1, -0.05) is 60.7 Å². The minimum Gasteiger partial charge on any atom is -0.378 e. The third-order valence-electron chi connectivity index (χ3n) is 6.09. The highest BCUT2D eigenvalue weighted by molar-refractivity contribution is 7.90. The number of benzene rings is 3. The van der Waals surface area contributed by atoms with Gasteiger partial charge >= 0.3 is 0 Å². The van der Waals surface area contributed by atoms with E-state index in [1.807, 2.05) is 79.7 Å². The average Bonchev–Trinajstić information content (AvgIpc) is 2.89. The van der Waals surface area contributed by atoms with Crippen molar-refractivity contribution in [1.29, 1.82) is 0 Å². The molecule has 1 aromatic heterocycles. The van der Waals surface area contributed by atoms with Crippen molar-refractivity contribution in [1.82, 2.24) is 4.98 Å². The molecule has 0 bridgehead atoms. The minimum absolute atomic E-state index is 0.105. The Labute approximate surface area is 213 Å².